The molecule has 3 nitrogen and oxygen atoms in total. The van der Waals surface area contributed by atoms with Gasteiger partial charge < -0.3 is 13.3 Å². The van der Waals surface area contributed by atoms with Gasteiger partial charge in [-0.05, 0) is 243 Å². The van der Waals surface area contributed by atoms with Gasteiger partial charge in [-0.25, -0.2) is 4.39 Å². The SMILES string of the molecule is [2H]c1c([2H])c([2H])c(-c2c3ccccc3c(-c3ccc4oc5cc(-c6cccc(F)c6)ccc5c4c3)c3ccccc23)c([2H])c1[2H].[2H]c1c([2H])c([2H])c(-c2ccc3oc4ccc(-c5c6ccccc6c(-c6c([2H])c([2H])c([2H])c([2H])c6[2H])c6ccccc56)cc4c3c2)c([2H])c1[2H].c1ccc2c(-c3c4ccccc4c(-c4ccc5oc6ccccc6c5c4)c4ccccc34)cccc2c1. The summed E-state index contributed by atoms with van der Waals surface area (Å²) in [5.74, 6) is -0.293. The highest BCUT2D eigenvalue weighted by molar-refractivity contribution is 6.27. The molecule has 542 valence electrons. The first-order chi connectivity index (χ1) is 63.7. The van der Waals surface area contributed by atoms with Crippen molar-refractivity contribution in [1.82, 2.24) is 0 Å². The molecule has 3 heterocycles. The highest BCUT2D eigenvalue weighted by atomic mass is 19.1. The fourth-order valence-corrected chi connectivity index (χ4v) is 17.5. The van der Waals surface area contributed by atoms with Gasteiger partial charge in [0.05, 0.1) is 20.6 Å². The zero-order valence-electron chi connectivity index (χ0n) is 76.8. The fourth-order valence-electron chi connectivity index (χ4n) is 17.5. The van der Waals surface area contributed by atoms with Gasteiger partial charge in [-0.2, -0.15) is 0 Å². The van der Waals surface area contributed by atoms with E-state index in [2.05, 4.69) is 127 Å². The highest BCUT2D eigenvalue weighted by Gasteiger charge is 2.23. The molecule has 24 aromatic rings. The predicted octanol–water partition coefficient (Wildman–Crippen LogP) is 32.3. The standard InChI is InChI=1S/C38H23FO.C38H24O.C36H22O/c39-28-12-8-11-25(21-28)26-17-19-29-34-22-27(18-20-35(34)40-36(29)23-26)38-32-15-6-4-13-30(32)37(24-9-2-1-3-10-24)31-14-5-7-16-33(31)38;1-3-11-25(12-4-1)27-19-21-35-33(23-27)34-24-28(20-22-36(34)39-35)38-31-17-9-7-15-29(31)37(26-13-5-2-6-14-26)30-16-8-10-18-32(30)38;1-2-12-25-23(10-1)11-9-18-27(25)36-30-16-5-3-14-28(30)35(29-15-4-6-17-31(29)36)24-20-21-34-32(22-24)26-13-7-8-19-33(26)37-34/h1-23H;1-24H;1-22H/i1D,2D,3D,9D,10D;1D,2D,3D,4D,5D,6D,11D,12D,13D,14D;. The Morgan fingerprint density at radius 3 is 0.888 bits per heavy atom. The molecule has 0 unspecified atom stereocenters. The monoisotopic (exact) mass is 1500 g/mol. The van der Waals surface area contributed by atoms with E-state index in [9.17, 15) is 4.39 Å². The smallest absolute Gasteiger partial charge is 0.136 e. The molecule has 4 heteroatoms. The largest absolute Gasteiger partial charge is 0.456 e. The summed E-state index contributed by atoms with van der Waals surface area (Å²) in [6.07, 6.45) is 0. The van der Waals surface area contributed by atoms with E-state index in [0.717, 1.165) is 120 Å². The third kappa shape index (κ3) is 11.6. The van der Waals surface area contributed by atoms with Crippen LogP contribution >= 0.6 is 0 Å². The number of hydrogen-bond donors (Lipinski definition) is 0. The van der Waals surface area contributed by atoms with Crippen molar-refractivity contribution in [3.05, 3.63) is 424 Å². The second-order valence-electron chi connectivity index (χ2n) is 28.9. The molecule has 116 heavy (non-hydrogen) atoms. The number of para-hydroxylation sites is 1. The molecule has 21 aromatic carbocycles. The summed E-state index contributed by atoms with van der Waals surface area (Å²) in [6.45, 7) is 0. The first kappa shape index (κ1) is 53.6. The maximum absolute atomic E-state index is 13.9. The molecule has 0 aliphatic rings. The van der Waals surface area contributed by atoms with Gasteiger partial charge in [-0.3, -0.25) is 0 Å². The van der Waals surface area contributed by atoms with E-state index in [4.69, 9.17) is 33.8 Å². The van der Waals surface area contributed by atoms with E-state index in [1.54, 1.807) is 24.3 Å². The number of fused-ring (bicyclic) bond motifs is 16. The third-order valence-electron chi connectivity index (χ3n) is 22.5. The third-order valence-corrected chi connectivity index (χ3v) is 22.5. The molecular formula is C112H69FO3. The van der Waals surface area contributed by atoms with Gasteiger partial charge in [-0.1, -0.05) is 339 Å². The van der Waals surface area contributed by atoms with Crippen molar-refractivity contribution >= 4 is 141 Å². The molecule has 3 aromatic heterocycles. The van der Waals surface area contributed by atoms with Crippen molar-refractivity contribution < 1.29 is 38.2 Å². The van der Waals surface area contributed by atoms with Crippen molar-refractivity contribution in [1.29, 1.82) is 0 Å². The lowest BCUT2D eigenvalue weighted by molar-refractivity contribution is 0.628. The molecule has 0 amide bonds. The normalized spacial score (nSPS) is 13.5. The van der Waals surface area contributed by atoms with Crippen LogP contribution in [0.2, 0.25) is 0 Å². The van der Waals surface area contributed by atoms with Crippen LogP contribution in [-0.4, -0.2) is 0 Å². The molecule has 0 bridgehead atoms. The molecule has 0 fully saturated rings. The minimum Gasteiger partial charge on any atom is -0.456 e. The molecular weight excluding hydrogens is 1410 g/mol. The first-order valence-corrected chi connectivity index (χ1v) is 38.3. The van der Waals surface area contributed by atoms with Gasteiger partial charge in [0, 0.05) is 32.3 Å². The maximum Gasteiger partial charge on any atom is 0.136 e. The van der Waals surface area contributed by atoms with Crippen LogP contribution in [0.3, 0.4) is 0 Å². The Morgan fingerprint density at radius 1 is 0.172 bits per heavy atom. The summed E-state index contributed by atoms with van der Waals surface area (Å²) in [7, 11) is 0. The fraction of sp³-hybridized carbons (Fsp3) is 0. The van der Waals surface area contributed by atoms with Crippen molar-refractivity contribution in [2.24, 2.45) is 0 Å². The zero-order chi connectivity index (χ0) is 89.8. The van der Waals surface area contributed by atoms with Crippen LogP contribution in [-0.2, 0) is 0 Å². The summed E-state index contributed by atoms with van der Waals surface area (Å²) in [4.78, 5) is 0. The summed E-state index contributed by atoms with van der Waals surface area (Å²) in [5, 5.41) is 19.8. The molecule has 0 saturated heterocycles. The molecule has 0 atom stereocenters. The van der Waals surface area contributed by atoms with E-state index in [1.165, 1.54) is 66.7 Å². The van der Waals surface area contributed by atoms with Crippen LogP contribution in [0.1, 0.15) is 20.6 Å². The molecule has 24 rings (SSSR count). The number of furan rings is 3. The van der Waals surface area contributed by atoms with Crippen LogP contribution < -0.4 is 0 Å². The van der Waals surface area contributed by atoms with Gasteiger partial charge in [0.15, 0.2) is 0 Å². The Kier molecular flexibility index (Phi) is 13.0. The minimum atomic E-state index is -0.449. The van der Waals surface area contributed by atoms with E-state index < -0.39 is 42.3 Å². The zero-order valence-corrected chi connectivity index (χ0v) is 61.8. The average Bonchev–Trinajstić information content (AvgIpc) is 1.52. The van der Waals surface area contributed by atoms with Gasteiger partial charge in [0.25, 0.3) is 0 Å². The summed E-state index contributed by atoms with van der Waals surface area (Å²) < 4.78 is 159. The van der Waals surface area contributed by atoms with Gasteiger partial charge in [-0.15, -0.1) is 0 Å². The van der Waals surface area contributed by atoms with Gasteiger partial charge in [0.2, 0.25) is 0 Å². The quantitative estimate of drug-likeness (QED) is 0.142. The number of halogens is 1. The summed E-state index contributed by atoms with van der Waals surface area (Å²) in [5.41, 5.74) is 16.9. The second kappa shape index (κ2) is 28.2. The van der Waals surface area contributed by atoms with Crippen molar-refractivity contribution in [3.8, 4) is 89.0 Å². The van der Waals surface area contributed by atoms with Crippen LogP contribution in [0.15, 0.2) is 431 Å². The van der Waals surface area contributed by atoms with Gasteiger partial charge in [0.1, 0.15) is 39.3 Å². The Bertz CT molecular complexity index is 8780. The van der Waals surface area contributed by atoms with Crippen LogP contribution in [0.4, 0.5) is 4.39 Å². The van der Waals surface area contributed by atoms with E-state index in [0.29, 0.717) is 38.8 Å². The first-order valence-electron chi connectivity index (χ1n) is 45.8. The number of rotatable bonds is 8. The number of benzene rings is 21. The minimum absolute atomic E-state index is 0.110. The van der Waals surface area contributed by atoms with Crippen LogP contribution in [0, 0.1) is 5.82 Å². The lowest BCUT2D eigenvalue weighted by Gasteiger charge is -2.18. The van der Waals surface area contributed by atoms with Crippen molar-refractivity contribution in [2.75, 3.05) is 0 Å². The van der Waals surface area contributed by atoms with Gasteiger partial charge >= 0.3 is 0 Å². The highest BCUT2D eigenvalue weighted by Crippen LogP contribution is 2.50. The topological polar surface area (TPSA) is 39.4 Å². The van der Waals surface area contributed by atoms with Crippen LogP contribution in [0.5, 0.6) is 0 Å². The average molecular weight is 1500 g/mol. The Morgan fingerprint density at radius 2 is 0.457 bits per heavy atom. The molecule has 0 radical (unpaired) electrons. The molecule has 0 spiro atoms. The van der Waals surface area contributed by atoms with Crippen molar-refractivity contribution in [3.63, 3.8) is 0 Å². The lowest BCUT2D eigenvalue weighted by Crippen LogP contribution is -1.91. The summed E-state index contributed by atoms with van der Waals surface area (Å²) in [6, 6.07) is 103. The molecule has 0 saturated carbocycles. The van der Waals surface area contributed by atoms with E-state index in [-0.39, 0.29) is 70.8 Å². The Labute approximate surface area is 688 Å². The summed E-state index contributed by atoms with van der Waals surface area (Å²) >= 11 is 0. The Hall–Kier alpha value is -15.2. The predicted molar refractivity (Wildman–Crippen MR) is 487 cm³/mol. The van der Waals surface area contributed by atoms with Crippen LogP contribution in [0.25, 0.3) is 230 Å². The molecule has 0 N–H and O–H groups in total. The maximum atomic E-state index is 13.9. The Balaban J connectivity index is 0.000000116. The van der Waals surface area contributed by atoms with Crippen molar-refractivity contribution in [2.45, 2.75) is 0 Å². The van der Waals surface area contributed by atoms with E-state index >= 15 is 0 Å². The number of hydrogen-bond acceptors (Lipinski definition) is 3. The second-order valence-corrected chi connectivity index (χ2v) is 28.9. The lowest BCUT2D eigenvalue weighted by atomic mass is 9.84. The molecule has 0 aliphatic carbocycles. The molecule has 0 aliphatic heterocycles. The van der Waals surface area contributed by atoms with E-state index in [1.807, 2.05) is 164 Å².